The quantitative estimate of drug-likeness (QED) is 0.612. The van der Waals surface area contributed by atoms with Crippen LogP contribution in [0.25, 0.3) is 0 Å². The number of rotatable bonds is 11. The smallest absolute Gasteiger partial charge is 0.0738 e. The summed E-state index contributed by atoms with van der Waals surface area (Å²) < 4.78 is 8.91. The molecule has 0 bridgehead atoms. The molecule has 1 heterocycles. The van der Waals surface area contributed by atoms with Gasteiger partial charge in [-0.2, -0.15) is 5.10 Å². The van der Waals surface area contributed by atoms with Crippen molar-refractivity contribution in [3.8, 4) is 0 Å². The summed E-state index contributed by atoms with van der Waals surface area (Å²) in [6.45, 7) is 12.2. The summed E-state index contributed by atoms with van der Waals surface area (Å²) >= 11 is 3.69. The first-order valence-corrected chi connectivity index (χ1v) is 8.96. The lowest BCUT2D eigenvalue weighted by Crippen LogP contribution is -2.34. The van der Waals surface area contributed by atoms with Gasteiger partial charge in [-0.25, -0.2) is 0 Å². The molecular weight excluding hydrogens is 330 g/mol. The minimum absolute atomic E-state index is 0.444. The highest BCUT2D eigenvalue weighted by atomic mass is 79.9. The number of aryl methyl sites for hydroxylation is 2. The Hall–Kier alpha value is -0.390. The van der Waals surface area contributed by atoms with Gasteiger partial charge in [0.1, 0.15) is 0 Å². The minimum atomic E-state index is 0.444. The highest BCUT2D eigenvalue weighted by Gasteiger charge is 2.17. The molecule has 0 spiro atoms. The van der Waals surface area contributed by atoms with Gasteiger partial charge in [-0.15, -0.1) is 0 Å². The normalized spacial score (nSPS) is 12.8. The molecule has 0 aliphatic rings. The summed E-state index contributed by atoms with van der Waals surface area (Å²) in [7, 11) is 0. The number of hydrogen-bond acceptors (Lipinski definition) is 3. The molecule has 1 aromatic rings. The van der Waals surface area contributed by atoms with Crippen LogP contribution in [0.2, 0.25) is 0 Å². The Morgan fingerprint density at radius 2 is 2.00 bits per heavy atom. The lowest BCUT2D eigenvalue weighted by atomic mass is 10.1. The third-order valence-corrected chi connectivity index (χ3v) is 4.57. The molecular formula is C16H30BrN3O. The summed E-state index contributed by atoms with van der Waals surface area (Å²) in [5.41, 5.74) is 2.36. The molecule has 1 rings (SSSR count). The van der Waals surface area contributed by atoms with Gasteiger partial charge in [0.2, 0.25) is 0 Å². The van der Waals surface area contributed by atoms with Gasteiger partial charge in [0.15, 0.2) is 0 Å². The van der Waals surface area contributed by atoms with Crippen LogP contribution in [-0.4, -0.2) is 35.6 Å². The van der Waals surface area contributed by atoms with Crippen molar-refractivity contribution in [2.24, 2.45) is 0 Å². The van der Waals surface area contributed by atoms with Gasteiger partial charge in [-0.3, -0.25) is 4.68 Å². The van der Waals surface area contributed by atoms with Crippen molar-refractivity contribution in [1.82, 2.24) is 15.1 Å². The van der Waals surface area contributed by atoms with Gasteiger partial charge < -0.3 is 10.1 Å². The van der Waals surface area contributed by atoms with Crippen LogP contribution in [0.3, 0.4) is 0 Å². The van der Waals surface area contributed by atoms with E-state index in [1.807, 2.05) is 0 Å². The van der Waals surface area contributed by atoms with E-state index in [1.165, 1.54) is 5.69 Å². The van der Waals surface area contributed by atoms with Crippen molar-refractivity contribution in [2.45, 2.75) is 66.0 Å². The van der Waals surface area contributed by atoms with Crippen molar-refractivity contribution >= 4 is 15.9 Å². The number of halogens is 1. The molecule has 4 nitrogen and oxygen atoms in total. The van der Waals surface area contributed by atoms with Gasteiger partial charge in [-0.1, -0.05) is 13.8 Å². The number of aromatic nitrogens is 2. The molecule has 1 aromatic heterocycles. The Bertz CT molecular complexity index is 406. The first kappa shape index (κ1) is 18.7. The van der Waals surface area contributed by atoms with E-state index in [4.69, 9.17) is 4.74 Å². The molecule has 122 valence electrons. The molecule has 0 aliphatic carbocycles. The van der Waals surface area contributed by atoms with Gasteiger partial charge in [0.25, 0.3) is 0 Å². The maximum absolute atomic E-state index is 5.65. The Morgan fingerprint density at radius 3 is 2.62 bits per heavy atom. The molecule has 0 radical (unpaired) electrons. The number of nitrogens with one attached hydrogen (secondary N) is 1. The van der Waals surface area contributed by atoms with Crippen LogP contribution in [0, 0.1) is 6.92 Å². The number of ether oxygens (including phenoxy) is 1. The van der Waals surface area contributed by atoms with Crippen molar-refractivity contribution in [1.29, 1.82) is 0 Å². The molecule has 0 saturated carbocycles. The van der Waals surface area contributed by atoms with Crippen LogP contribution in [0.4, 0.5) is 0 Å². The molecule has 5 heteroatoms. The molecule has 0 amide bonds. The van der Waals surface area contributed by atoms with Gasteiger partial charge in [-0.05, 0) is 55.6 Å². The molecule has 1 unspecified atom stereocenters. The van der Waals surface area contributed by atoms with Crippen LogP contribution in [0.5, 0.6) is 0 Å². The average Bonchev–Trinajstić information content (AvgIpc) is 2.76. The molecule has 0 aliphatic heterocycles. The van der Waals surface area contributed by atoms with E-state index >= 15 is 0 Å². The fourth-order valence-corrected chi connectivity index (χ4v) is 2.84. The highest BCUT2D eigenvalue weighted by molar-refractivity contribution is 9.10. The van der Waals surface area contributed by atoms with E-state index in [1.54, 1.807) is 0 Å². The van der Waals surface area contributed by atoms with Crippen molar-refractivity contribution in [3.63, 3.8) is 0 Å². The van der Waals surface area contributed by atoms with Crippen LogP contribution in [-0.2, 0) is 17.7 Å². The van der Waals surface area contributed by atoms with Gasteiger partial charge in [0, 0.05) is 32.2 Å². The highest BCUT2D eigenvalue weighted by Crippen LogP contribution is 2.23. The van der Waals surface area contributed by atoms with Crippen LogP contribution < -0.4 is 5.32 Å². The first-order valence-electron chi connectivity index (χ1n) is 8.16. The summed E-state index contributed by atoms with van der Waals surface area (Å²) in [6, 6.07) is 0.444. The molecule has 0 saturated heterocycles. The van der Waals surface area contributed by atoms with E-state index in [-0.39, 0.29) is 0 Å². The largest absolute Gasteiger partial charge is 0.381 e. The topological polar surface area (TPSA) is 39.1 Å². The maximum atomic E-state index is 5.65. The second-order valence-electron chi connectivity index (χ2n) is 5.42. The second-order valence-corrected chi connectivity index (χ2v) is 6.21. The Kier molecular flexibility index (Phi) is 9.20. The maximum Gasteiger partial charge on any atom is 0.0738 e. The van der Waals surface area contributed by atoms with Gasteiger partial charge >= 0.3 is 0 Å². The van der Waals surface area contributed by atoms with E-state index in [9.17, 15) is 0 Å². The molecule has 21 heavy (non-hydrogen) atoms. The molecule has 0 aromatic carbocycles. The molecule has 1 atom stereocenters. The predicted octanol–water partition coefficient (Wildman–Crippen LogP) is 3.70. The minimum Gasteiger partial charge on any atom is -0.381 e. The fraction of sp³-hybridized carbons (Fsp3) is 0.812. The second kappa shape index (κ2) is 10.4. The Labute approximate surface area is 137 Å². The lowest BCUT2D eigenvalue weighted by Gasteiger charge is -2.19. The summed E-state index contributed by atoms with van der Waals surface area (Å²) in [6.07, 6.45) is 4.27. The standard InChI is InChI=1S/C16H30BrN3O/c1-5-9-18-14(8-11-21-10-6-2)12-15-16(17)13(4)19-20(15)7-3/h14,18H,5-12H2,1-4H3. The number of nitrogens with zero attached hydrogens (tertiary/aromatic N) is 2. The number of hydrogen-bond donors (Lipinski definition) is 1. The monoisotopic (exact) mass is 359 g/mol. The Morgan fingerprint density at radius 1 is 1.24 bits per heavy atom. The van der Waals surface area contributed by atoms with Crippen LogP contribution in [0.15, 0.2) is 4.47 Å². The van der Waals surface area contributed by atoms with Crippen molar-refractivity contribution in [2.75, 3.05) is 19.8 Å². The first-order chi connectivity index (χ1) is 10.1. The lowest BCUT2D eigenvalue weighted by molar-refractivity contribution is 0.124. The molecule has 1 N–H and O–H groups in total. The summed E-state index contributed by atoms with van der Waals surface area (Å²) in [5, 5.41) is 8.22. The van der Waals surface area contributed by atoms with Crippen LogP contribution in [0.1, 0.15) is 51.4 Å². The van der Waals surface area contributed by atoms with Crippen molar-refractivity contribution < 1.29 is 4.74 Å². The summed E-state index contributed by atoms with van der Waals surface area (Å²) in [4.78, 5) is 0. The summed E-state index contributed by atoms with van der Waals surface area (Å²) in [5.74, 6) is 0. The zero-order valence-electron chi connectivity index (χ0n) is 13.9. The van der Waals surface area contributed by atoms with E-state index in [2.05, 4.69) is 58.7 Å². The van der Waals surface area contributed by atoms with Gasteiger partial charge in [0.05, 0.1) is 15.9 Å². The third kappa shape index (κ3) is 6.09. The predicted molar refractivity (Wildman–Crippen MR) is 91.9 cm³/mol. The Balaban J connectivity index is 2.66. The van der Waals surface area contributed by atoms with Crippen molar-refractivity contribution in [3.05, 3.63) is 15.9 Å². The molecule has 0 fully saturated rings. The zero-order valence-corrected chi connectivity index (χ0v) is 15.5. The van der Waals surface area contributed by atoms with E-state index < -0.39 is 0 Å². The SMILES string of the molecule is CCCNC(CCOCCC)Cc1c(Br)c(C)nn1CC. The van der Waals surface area contributed by atoms with Crippen LogP contribution >= 0.6 is 15.9 Å². The third-order valence-electron chi connectivity index (χ3n) is 3.53. The van der Waals surface area contributed by atoms with E-state index in [0.29, 0.717) is 6.04 Å². The average molecular weight is 360 g/mol. The van der Waals surface area contributed by atoms with E-state index in [0.717, 1.165) is 62.2 Å². The fourth-order valence-electron chi connectivity index (χ4n) is 2.39. The zero-order chi connectivity index (χ0) is 15.7.